The molecule has 0 fully saturated rings. The second kappa shape index (κ2) is 7.57. The summed E-state index contributed by atoms with van der Waals surface area (Å²) < 4.78 is 0. The van der Waals surface area contributed by atoms with Gasteiger partial charge in [0.05, 0.1) is 20.8 Å². The highest BCUT2D eigenvalue weighted by Gasteiger charge is 2.18. The van der Waals surface area contributed by atoms with Crippen LogP contribution in [0, 0.1) is 0 Å². The van der Waals surface area contributed by atoms with E-state index in [2.05, 4.69) is 20.5 Å². The summed E-state index contributed by atoms with van der Waals surface area (Å²) in [4.78, 5) is 17.7. The van der Waals surface area contributed by atoms with Gasteiger partial charge in [-0.3, -0.25) is 9.89 Å². The highest BCUT2D eigenvalue weighted by molar-refractivity contribution is 8.00. The molecule has 9 heteroatoms. The Morgan fingerprint density at radius 1 is 1.38 bits per heavy atom. The molecule has 0 aliphatic rings. The summed E-state index contributed by atoms with van der Waals surface area (Å²) in [5, 5.41) is 12.8. The van der Waals surface area contributed by atoms with Crippen LogP contribution < -0.4 is 5.32 Å². The summed E-state index contributed by atoms with van der Waals surface area (Å²) in [5.41, 5.74) is 0.482. The lowest BCUT2D eigenvalue weighted by Gasteiger charge is -2.11. The maximum atomic E-state index is 12.3. The summed E-state index contributed by atoms with van der Waals surface area (Å²) in [6.45, 7) is 1.78. The average Bonchev–Trinajstić information content (AvgIpc) is 3.21. The van der Waals surface area contributed by atoms with E-state index in [1.807, 2.05) is 17.5 Å². The number of H-pyrrole nitrogens is 1. The first-order chi connectivity index (χ1) is 11.5. The van der Waals surface area contributed by atoms with Gasteiger partial charge in [0.15, 0.2) is 5.82 Å². The van der Waals surface area contributed by atoms with Crippen LogP contribution in [0.25, 0.3) is 10.7 Å². The first-order valence-electron chi connectivity index (χ1n) is 6.92. The van der Waals surface area contributed by atoms with E-state index in [1.54, 1.807) is 36.5 Å². The molecule has 2 aromatic heterocycles. The number of anilines is 1. The molecule has 5 nitrogen and oxygen atoms in total. The number of aromatic amines is 1. The van der Waals surface area contributed by atoms with Crippen LogP contribution in [0.1, 0.15) is 6.92 Å². The molecule has 1 aromatic carbocycles. The minimum absolute atomic E-state index is 0.202. The average molecular weight is 399 g/mol. The lowest BCUT2D eigenvalue weighted by atomic mass is 10.3. The van der Waals surface area contributed by atoms with Crippen molar-refractivity contribution in [1.82, 2.24) is 15.2 Å². The highest BCUT2D eigenvalue weighted by atomic mass is 35.5. The zero-order chi connectivity index (χ0) is 17.1. The predicted octanol–water partition coefficient (Wildman–Crippen LogP) is 4.96. The third-order valence-corrected chi connectivity index (χ3v) is 5.46. The van der Waals surface area contributed by atoms with Crippen LogP contribution in [-0.2, 0) is 4.79 Å². The van der Waals surface area contributed by atoms with E-state index in [0.29, 0.717) is 26.7 Å². The number of aromatic nitrogens is 3. The summed E-state index contributed by atoms with van der Waals surface area (Å²) >= 11 is 14.8. The Balaban J connectivity index is 1.65. The van der Waals surface area contributed by atoms with E-state index >= 15 is 0 Å². The normalized spacial score (nSPS) is 12.1. The fraction of sp³-hybridized carbons (Fsp3) is 0.133. The topological polar surface area (TPSA) is 70.7 Å². The van der Waals surface area contributed by atoms with Crippen LogP contribution in [-0.4, -0.2) is 26.3 Å². The maximum absolute atomic E-state index is 12.3. The third kappa shape index (κ3) is 4.10. The molecule has 2 heterocycles. The fourth-order valence-corrected chi connectivity index (χ4v) is 3.59. The molecule has 3 aromatic rings. The molecule has 0 radical (unpaired) electrons. The van der Waals surface area contributed by atoms with E-state index in [-0.39, 0.29) is 5.91 Å². The van der Waals surface area contributed by atoms with E-state index < -0.39 is 5.25 Å². The molecule has 24 heavy (non-hydrogen) atoms. The van der Waals surface area contributed by atoms with Gasteiger partial charge in [0, 0.05) is 5.02 Å². The number of nitrogens with zero attached hydrogens (tertiary/aromatic N) is 2. The van der Waals surface area contributed by atoms with Crippen LogP contribution in [0.2, 0.25) is 10.0 Å². The first-order valence-corrected chi connectivity index (χ1v) is 9.43. The standard InChI is InChI=1S/C15H12Cl2N4OS2/c1-8(14(22)18-11-7-9(16)4-5-10(11)17)24-15-19-13(20-21-15)12-3-2-6-23-12/h2-8H,1H3,(H,18,22)(H,19,20,21)/t8-/m0/s1. The van der Waals surface area contributed by atoms with Crippen LogP contribution in [0.5, 0.6) is 0 Å². The van der Waals surface area contributed by atoms with E-state index in [1.165, 1.54) is 11.8 Å². The second-order valence-electron chi connectivity index (χ2n) is 4.82. The number of halogens is 2. The number of hydrogen-bond donors (Lipinski definition) is 2. The molecule has 0 aliphatic heterocycles. The Bertz CT molecular complexity index is 851. The lowest BCUT2D eigenvalue weighted by molar-refractivity contribution is -0.115. The number of carbonyl (C=O) groups is 1. The van der Waals surface area contributed by atoms with Gasteiger partial charge >= 0.3 is 0 Å². The number of hydrogen-bond acceptors (Lipinski definition) is 5. The van der Waals surface area contributed by atoms with Crippen molar-refractivity contribution in [2.45, 2.75) is 17.3 Å². The number of amides is 1. The van der Waals surface area contributed by atoms with Crippen molar-refractivity contribution >= 4 is 57.9 Å². The van der Waals surface area contributed by atoms with Crippen molar-refractivity contribution < 1.29 is 4.79 Å². The van der Waals surface area contributed by atoms with Crippen LogP contribution >= 0.6 is 46.3 Å². The summed E-state index contributed by atoms with van der Waals surface area (Å²) in [6, 6.07) is 8.81. The van der Waals surface area contributed by atoms with Crippen LogP contribution in [0.15, 0.2) is 40.9 Å². The van der Waals surface area contributed by atoms with Gasteiger partial charge in [-0.1, -0.05) is 41.0 Å². The smallest absolute Gasteiger partial charge is 0.237 e. The quantitative estimate of drug-likeness (QED) is 0.595. The van der Waals surface area contributed by atoms with Gasteiger partial charge in [0.2, 0.25) is 11.1 Å². The molecule has 124 valence electrons. The maximum Gasteiger partial charge on any atom is 0.237 e. The summed E-state index contributed by atoms with van der Waals surface area (Å²) in [5.74, 6) is 0.490. The van der Waals surface area contributed by atoms with Crippen molar-refractivity contribution in [2.75, 3.05) is 5.32 Å². The predicted molar refractivity (Wildman–Crippen MR) is 100 cm³/mol. The van der Waals surface area contributed by atoms with Crippen molar-refractivity contribution in [1.29, 1.82) is 0 Å². The van der Waals surface area contributed by atoms with E-state index in [4.69, 9.17) is 23.2 Å². The first kappa shape index (κ1) is 17.3. The Kier molecular flexibility index (Phi) is 5.45. The Morgan fingerprint density at radius 3 is 2.96 bits per heavy atom. The zero-order valence-corrected chi connectivity index (χ0v) is 15.6. The van der Waals surface area contributed by atoms with Gasteiger partial charge in [-0.15, -0.1) is 16.4 Å². The number of thioether (sulfide) groups is 1. The van der Waals surface area contributed by atoms with Crippen molar-refractivity contribution in [3.05, 3.63) is 45.8 Å². The molecule has 0 bridgehead atoms. The number of carbonyl (C=O) groups excluding carboxylic acids is 1. The molecule has 0 saturated carbocycles. The number of nitrogens with one attached hydrogen (secondary N) is 2. The lowest BCUT2D eigenvalue weighted by Crippen LogP contribution is -2.22. The number of rotatable bonds is 5. The third-order valence-electron chi connectivity index (χ3n) is 3.06. The second-order valence-corrected chi connectivity index (χ2v) is 7.92. The molecular weight excluding hydrogens is 387 g/mol. The molecule has 3 rings (SSSR count). The van der Waals surface area contributed by atoms with Crippen molar-refractivity contribution in [2.24, 2.45) is 0 Å². The van der Waals surface area contributed by atoms with Gasteiger partial charge in [-0.2, -0.15) is 0 Å². The number of benzene rings is 1. The molecule has 2 N–H and O–H groups in total. The molecule has 0 unspecified atom stereocenters. The van der Waals surface area contributed by atoms with Crippen molar-refractivity contribution in [3.63, 3.8) is 0 Å². The van der Waals surface area contributed by atoms with Gasteiger partial charge in [0.1, 0.15) is 0 Å². The number of thiophene rings is 1. The highest BCUT2D eigenvalue weighted by Crippen LogP contribution is 2.28. The van der Waals surface area contributed by atoms with E-state index in [0.717, 1.165) is 4.88 Å². The Morgan fingerprint density at radius 2 is 2.21 bits per heavy atom. The van der Waals surface area contributed by atoms with Gasteiger partial charge in [-0.25, -0.2) is 4.98 Å². The molecule has 1 amide bonds. The minimum atomic E-state index is -0.396. The largest absolute Gasteiger partial charge is 0.324 e. The molecule has 0 saturated heterocycles. The Labute approximate surface area is 156 Å². The summed E-state index contributed by atoms with van der Waals surface area (Å²) in [6.07, 6.45) is 0. The molecule has 1 atom stereocenters. The van der Waals surface area contributed by atoms with Crippen molar-refractivity contribution in [3.8, 4) is 10.7 Å². The monoisotopic (exact) mass is 398 g/mol. The van der Waals surface area contributed by atoms with Gasteiger partial charge < -0.3 is 5.32 Å². The van der Waals surface area contributed by atoms with Crippen LogP contribution in [0.4, 0.5) is 5.69 Å². The van der Waals surface area contributed by atoms with Gasteiger partial charge in [-0.05, 0) is 36.6 Å². The molecule has 0 spiro atoms. The molecular formula is C15H12Cl2N4OS2. The van der Waals surface area contributed by atoms with Gasteiger partial charge in [0.25, 0.3) is 0 Å². The van der Waals surface area contributed by atoms with Crippen LogP contribution in [0.3, 0.4) is 0 Å². The molecule has 0 aliphatic carbocycles. The zero-order valence-electron chi connectivity index (χ0n) is 12.4. The summed E-state index contributed by atoms with van der Waals surface area (Å²) in [7, 11) is 0. The SMILES string of the molecule is C[C@H](Sc1n[nH]c(-c2cccs2)n1)C(=O)Nc1cc(Cl)ccc1Cl. The minimum Gasteiger partial charge on any atom is -0.324 e. The fourth-order valence-electron chi connectivity index (χ4n) is 1.86. The Hall–Kier alpha value is -1.54. The van der Waals surface area contributed by atoms with E-state index in [9.17, 15) is 4.79 Å².